The molecule has 6 aliphatic rings. The van der Waals surface area contributed by atoms with Gasteiger partial charge in [-0.05, 0) is 164 Å². The Bertz CT molecular complexity index is 4480. The van der Waals surface area contributed by atoms with Gasteiger partial charge in [-0.15, -0.1) is 0 Å². The molecule has 0 radical (unpaired) electrons. The standard InChI is InChI=1S/C73H88N14O15S2/c1-44(2)59(82-56(88)16-7-6-8-28-86-57(89)23-24-58(86)90)63(93)79-53(14-10-27-76-66(74)96)62(92)78-48-19-17-46(18-20-48)36-101-68(97)84(31-33-104(98,99)100)30-32-102-72-39-70(5)37-69(4)38-71(40-72,41-73(69,70)42-72)43-87-45(3)51(34-77-87)49-21-22-55(81-60(49)65(94)95)85-29-25-47-12-9-13-50(52(47)35-85)61(91)83-67-80-54-15-11-26-75-64(54)103-67/h9,11-13,15,17-24,26,34,44,53,59H,6-8,10,14,16,25,27-33,35-43H2,1-5H3,(H,78,92)(H,79,93)(H,82,88)(H,94,95)(H3,74,76,96)(H,80,83,91)(H,98,99,100)/t53-,59?,69?,70?,71?,72?,73?/m0/s1. The number of carboxylic acids is 1. The van der Waals surface area contributed by atoms with E-state index in [4.69, 9.17) is 25.3 Å². The van der Waals surface area contributed by atoms with Crippen molar-refractivity contribution >= 4 is 102 Å². The van der Waals surface area contributed by atoms with E-state index in [2.05, 4.69) is 50.4 Å². The van der Waals surface area contributed by atoms with Crippen molar-refractivity contribution in [3.8, 4) is 11.1 Å². The van der Waals surface area contributed by atoms with Gasteiger partial charge in [-0.25, -0.2) is 29.3 Å². The minimum absolute atomic E-state index is 0.0168. The predicted molar refractivity (Wildman–Crippen MR) is 384 cm³/mol. The minimum Gasteiger partial charge on any atom is -0.476 e. The highest BCUT2D eigenvalue weighted by atomic mass is 32.2. The van der Waals surface area contributed by atoms with Gasteiger partial charge in [0.1, 0.15) is 34.9 Å². The lowest BCUT2D eigenvalue weighted by Gasteiger charge is -2.64. The van der Waals surface area contributed by atoms with Crippen molar-refractivity contribution in [2.45, 2.75) is 155 Å². The zero-order valence-electron chi connectivity index (χ0n) is 58.8. The molecule has 4 fully saturated rings. The molecule has 1 spiro atoms. The number of rotatable bonds is 32. The van der Waals surface area contributed by atoms with Gasteiger partial charge in [-0.2, -0.15) is 13.5 Å². The summed E-state index contributed by atoms with van der Waals surface area (Å²) < 4.78 is 48.9. The van der Waals surface area contributed by atoms with Crippen LogP contribution in [0.15, 0.2) is 91.3 Å². The second-order valence-electron chi connectivity index (χ2n) is 29.7. The topological polar surface area (TPSA) is 399 Å². The number of unbranched alkanes of at least 4 members (excludes halogenated alkanes) is 2. The van der Waals surface area contributed by atoms with E-state index in [0.29, 0.717) is 101 Å². The van der Waals surface area contributed by atoms with E-state index in [9.17, 15) is 61.2 Å². The van der Waals surface area contributed by atoms with Gasteiger partial charge in [0.2, 0.25) is 17.7 Å². The van der Waals surface area contributed by atoms with E-state index in [1.54, 1.807) is 68.7 Å². The summed E-state index contributed by atoms with van der Waals surface area (Å²) in [5.41, 5.74) is 9.89. The molecule has 12 rings (SSSR count). The first kappa shape index (κ1) is 74.0. The average molecular weight is 1470 g/mol. The van der Waals surface area contributed by atoms with Crippen LogP contribution in [0.4, 0.5) is 26.2 Å². The lowest BCUT2D eigenvalue weighted by Crippen LogP contribution is -2.57. The second-order valence-corrected chi connectivity index (χ2v) is 32.2. The first-order valence-corrected chi connectivity index (χ1v) is 37.6. The molecule has 29 nitrogen and oxygen atoms in total. The Morgan fingerprint density at radius 2 is 1.60 bits per heavy atom. The van der Waals surface area contributed by atoms with Gasteiger partial charge in [-0.3, -0.25) is 48.2 Å². The average Bonchev–Trinajstić information content (AvgIpc) is 1.46. The molecule has 6 unspecified atom stereocenters. The number of primary amides is 1. The molecule has 104 heavy (non-hydrogen) atoms. The number of carbonyl (C=O) groups excluding carboxylic acids is 8. The zero-order chi connectivity index (χ0) is 74.1. The Hall–Kier alpha value is -9.72. The first-order valence-electron chi connectivity index (χ1n) is 35.2. The van der Waals surface area contributed by atoms with Gasteiger partial charge in [0, 0.05) is 98.7 Å². The minimum atomic E-state index is -4.51. The van der Waals surface area contributed by atoms with Crippen LogP contribution in [0.3, 0.4) is 0 Å². The highest BCUT2D eigenvalue weighted by Crippen LogP contribution is 2.89. The second kappa shape index (κ2) is 29.8. The molecule has 0 saturated heterocycles. The van der Waals surface area contributed by atoms with Crippen molar-refractivity contribution in [2.75, 3.05) is 60.6 Å². The highest BCUT2D eigenvalue weighted by Gasteiger charge is 2.84. The predicted octanol–water partition coefficient (Wildman–Crippen LogP) is 7.93. The molecule has 2 aliphatic heterocycles. The van der Waals surface area contributed by atoms with Gasteiger partial charge in [0.15, 0.2) is 10.8 Å². The third-order valence-corrected chi connectivity index (χ3v) is 23.6. The number of amides is 9. The zero-order valence-corrected chi connectivity index (χ0v) is 60.5. The summed E-state index contributed by atoms with van der Waals surface area (Å²) in [5.74, 6) is -4.55. The van der Waals surface area contributed by atoms with Crippen LogP contribution in [0.25, 0.3) is 21.5 Å². The van der Waals surface area contributed by atoms with Crippen molar-refractivity contribution in [1.29, 1.82) is 0 Å². The number of nitrogens with two attached hydrogens (primary N) is 1. The smallest absolute Gasteiger partial charge is 0.410 e. The Morgan fingerprint density at radius 3 is 2.33 bits per heavy atom. The van der Waals surface area contributed by atoms with Crippen molar-refractivity contribution < 1.29 is 70.7 Å². The van der Waals surface area contributed by atoms with E-state index < -0.39 is 75.9 Å². The van der Waals surface area contributed by atoms with Crippen LogP contribution in [0.2, 0.25) is 0 Å². The van der Waals surface area contributed by atoms with Crippen LogP contribution in [0.5, 0.6) is 0 Å². The van der Waals surface area contributed by atoms with Crippen LogP contribution in [-0.2, 0) is 69.7 Å². The number of aromatic carboxylic acids is 1. The molecule has 6 aromatic rings. The largest absolute Gasteiger partial charge is 0.476 e. The molecule has 4 aromatic heterocycles. The fraction of sp³-hybridized carbons (Fsp3) is 0.493. The Labute approximate surface area is 605 Å². The van der Waals surface area contributed by atoms with Crippen molar-refractivity contribution in [3.63, 3.8) is 0 Å². The molecular formula is C73H88N14O15S2. The third kappa shape index (κ3) is 15.7. The van der Waals surface area contributed by atoms with Gasteiger partial charge in [0.25, 0.3) is 27.8 Å². The molecular weight excluding hydrogens is 1380 g/mol. The van der Waals surface area contributed by atoms with Gasteiger partial charge < -0.3 is 51.4 Å². The number of anilines is 3. The monoisotopic (exact) mass is 1460 g/mol. The molecule has 31 heteroatoms. The number of hydrogen-bond acceptors (Lipinski definition) is 19. The van der Waals surface area contributed by atoms with Crippen LogP contribution in [-0.4, -0.2) is 169 Å². The number of urea groups is 1. The summed E-state index contributed by atoms with van der Waals surface area (Å²) >= 11 is 1.29. The number of thiazole rings is 1. The molecule has 552 valence electrons. The van der Waals surface area contributed by atoms with Crippen molar-refractivity contribution in [3.05, 3.63) is 125 Å². The van der Waals surface area contributed by atoms with Crippen LogP contribution < -0.4 is 37.2 Å². The third-order valence-electron chi connectivity index (χ3n) is 22.0. The number of carboxylic acid groups (broad SMARTS) is 1. The van der Waals surface area contributed by atoms with Gasteiger partial charge >= 0.3 is 18.1 Å². The first-order chi connectivity index (χ1) is 49.5. The number of hydrogen-bond donors (Lipinski definition) is 8. The number of benzene rings is 2. The SMILES string of the molecule is Cc1c(-c2ccc(N3CCc4cccc(C(=O)Nc5nc6cccnc6s5)c4C3)nc2C(=O)O)cnn1CC12CC3(OCCN(CCS(=O)(=O)O)C(=O)OCc4ccc(NC(=O)[C@H](CCCNC(N)=O)NC(=O)C(NC(=O)CCCCCN5C(=O)C=CC5=O)C(C)C)cc4)CC4(C)CC(C)(C1)C4(C2)C3. The molecule has 3 bridgehead atoms. The normalized spacial score (nSPS) is 22.6. The molecule has 9 N–H and O–H groups in total. The van der Waals surface area contributed by atoms with Crippen molar-refractivity contribution in [1.82, 2.24) is 50.5 Å². The lowest BCUT2D eigenvalue weighted by atomic mass is 9.40. The van der Waals surface area contributed by atoms with Gasteiger partial charge in [0.05, 0.1) is 24.2 Å². The number of carbonyl (C=O) groups is 9. The Morgan fingerprint density at radius 1 is 0.827 bits per heavy atom. The summed E-state index contributed by atoms with van der Waals surface area (Å²) in [7, 11) is -4.51. The molecule has 2 aromatic carbocycles. The maximum atomic E-state index is 14.0. The number of fused-ring (bicyclic) bond motifs is 4. The van der Waals surface area contributed by atoms with E-state index in [1.165, 1.54) is 28.4 Å². The maximum absolute atomic E-state index is 14.0. The fourth-order valence-corrected chi connectivity index (χ4v) is 19.0. The number of aromatic nitrogens is 5. The van der Waals surface area contributed by atoms with Gasteiger partial charge in [-0.1, -0.05) is 69.7 Å². The summed E-state index contributed by atoms with van der Waals surface area (Å²) in [6, 6.07) is 16.3. The molecule has 4 aliphatic carbocycles. The quantitative estimate of drug-likeness (QED) is 0.0113. The summed E-state index contributed by atoms with van der Waals surface area (Å²) in [4.78, 5) is 136. The molecule has 4 saturated carbocycles. The van der Waals surface area contributed by atoms with E-state index in [-0.39, 0.29) is 103 Å². The molecule has 6 heterocycles. The van der Waals surface area contributed by atoms with Crippen LogP contribution in [0, 0.1) is 34.5 Å². The number of nitrogens with zero attached hydrogens (tertiary/aromatic N) is 8. The number of ether oxygens (including phenoxy) is 2. The van der Waals surface area contributed by atoms with Crippen LogP contribution in [0.1, 0.15) is 148 Å². The van der Waals surface area contributed by atoms with E-state index in [1.807, 2.05) is 40.8 Å². The van der Waals surface area contributed by atoms with Crippen molar-refractivity contribution in [2.24, 2.45) is 33.3 Å². The van der Waals surface area contributed by atoms with E-state index >= 15 is 0 Å². The van der Waals surface area contributed by atoms with Crippen LogP contribution >= 0.6 is 11.3 Å². The number of nitrogens with one attached hydrogen (secondary N) is 5. The highest BCUT2D eigenvalue weighted by molar-refractivity contribution is 7.85. The summed E-state index contributed by atoms with van der Waals surface area (Å²) in [6.07, 6.45) is 12.6. The Balaban J connectivity index is 0.663. The number of pyridine rings is 2. The number of imide groups is 1. The maximum Gasteiger partial charge on any atom is 0.410 e. The summed E-state index contributed by atoms with van der Waals surface area (Å²) in [5, 5.41) is 29.9. The van der Waals surface area contributed by atoms with E-state index in [0.717, 1.165) is 53.8 Å². The molecule has 9 amide bonds. The fourth-order valence-electron chi connectivity index (χ4n) is 17.7. The Kier molecular flexibility index (Phi) is 21.2. The lowest BCUT2D eigenvalue weighted by molar-refractivity contribution is -0.158. The summed E-state index contributed by atoms with van der Waals surface area (Å²) in [6.45, 7) is 11.2. The molecule has 7 atom stereocenters.